The molecule has 0 bridgehead atoms. The molecule has 0 fully saturated rings. The Hall–Kier alpha value is -4.68. The molecule has 1 aliphatic rings. The maximum atomic E-state index is 3.95. The van der Waals surface area contributed by atoms with Gasteiger partial charge >= 0.3 is 0 Å². The van der Waals surface area contributed by atoms with Crippen LogP contribution in [-0.4, -0.2) is 0 Å². The Morgan fingerprint density at radius 1 is 0.632 bits per heavy atom. The topological polar surface area (TPSA) is 0 Å². The highest BCUT2D eigenvalue weighted by molar-refractivity contribution is 6.24. The van der Waals surface area contributed by atoms with Crippen LogP contribution in [-0.2, 0) is 0 Å². The van der Waals surface area contributed by atoms with Crippen molar-refractivity contribution < 1.29 is 0 Å². The second-order valence-corrected chi connectivity index (χ2v) is 9.71. The van der Waals surface area contributed by atoms with Crippen molar-refractivity contribution in [3.05, 3.63) is 151 Å². The Morgan fingerprint density at radius 3 is 2.13 bits per heavy atom. The minimum absolute atomic E-state index is 1.16. The lowest BCUT2D eigenvalue weighted by molar-refractivity contribution is 1.60. The molecule has 0 aliphatic heterocycles. The van der Waals surface area contributed by atoms with Gasteiger partial charge in [0.15, 0.2) is 0 Å². The SMILES string of the molecule is C=C/C=C1\C(=C/C)c2cccc3c(-c4cccc(-c5ccc6cc(/C(C=C)=C/C)ccc6c5)c4)ccc1c23. The molecule has 6 rings (SSSR count). The summed E-state index contributed by atoms with van der Waals surface area (Å²) in [4.78, 5) is 0. The number of fused-ring (bicyclic) bond motifs is 1. The molecule has 0 spiro atoms. The van der Waals surface area contributed by atoms with Crippen LogP contribution in [0, 0.1) is 0 Å². The Bertz CT molecular complexity index is 1850. The van der Waals surface area contributed by atoms with Crippen molar-refractivity contribution in [2.75, 3.05) is 0 Å². The van der Waals surface area contributed by atoms with E-state index in [1.165, 1.54) is 71.6 Å². The highest BCUT2D eigenvalue weighted by Crippen LogP contribution is 2.48. The molecule has 0 nitrogen and oxygen atoms in total. The summed E-state index contributed by atoms with van der Waals surface area (Å²) >= 11 is 0. The van der Waals surface area contributed by atoms with Crippen molar-refractivity contribution in [1.82, 2.24) is 0 Å². The lowest BCUT2D eigenvalue weighted by Gasteiger charge is -2.12. The average Bonchev–Trinajstić information content (AvgIpc) is 3.27. The third-order valence-corrected chi connectivity index (χ3v) is 7.70. The van der Waals surface area contributed by atoms with E-state index in [0.717, 1.165) is 5.57 Å². The van der Waals surface area contributed by atoms with Crippen LogP contribution in [0.2, 0.25) is 0 Å². The molecular weight excluding hydrogens is 456 g/mol. The van der Waals surface area contributed by atoms with Crippen molar-refractivity contribution in [3.8, 4) is 22.3 Å². The predicted molar refractivity (Wildman–Crippen MR) is 168 cm³/mol. The van der Waals surface area contributed by atoms with Crippen LogP contribution in [0.15, 0.2) is 135 Å². The van der Waals surface area contributed by atoms with Crippen LogP contribution in [0.4, 0.5) is 0 Å². The molecule has 0 saturated carbocycles. The standard InChI is InChI=1S/C38H30/c1-5-11-34-32(8-4)35-14-10-15-36-33(20-21-37(34)38(35)36)31-13-9-12-26(24-31)28-18-19-29-22-27(25(6-2)7-3)16-17-30(29)23-28/h5-24H,1-2H2,3-4H3/b25-7+,32-8+,34-11+. The first-order valence-electron chi connectivity index (χ1n) is 13.2. The number of benzene rings is 5. The monoisotopic (exact) mass is 486 g/mol. The zero-order chi connectivity index (χ0) is 26.2. The Kier molecular flexibility index (Phi) is 6.02. The van der Waals surface area contributed by atoms with Crippen molar-refractivity contribution >= 4 is 38.3 Å². The third kappa shape index (κ3) is 3.78. The summed E-state index contributed by atoms with van der Waals surface area (Å²) in [6, 6.07) is 33.5. The second kappa shape index (κ2) is 9.65. The zero-order valence-corrected chi connectivity index (χ0v) is 22.0. The van der Waals surface area contributed by atoms with E-state index in [4.69, 9.17) is 0 Å². The molecule has 0 atom stereocenters. The number of rotatable bonds is 5. The predicted octanol–water partition coefficient (Wildman–Crippen LogP) is 10.9. The fourth-order valence-electron chi connectivity index (χ4n) is 5.88. The summed E-state index contributed by atoms with van der Waals surface area (Å²) < 4.78 is 0. The van der Waals surface area contributed by atoms with Gasteiger partial charge in [-0.15, -0.1) is 0 Å². The molecule has 0 saturated heterocycles. The smallest absolute Gasteiger partial charge is 0.00203 e. The van der Waals surface area contributed by atoms with E-state index in [9.17, 15) is 0 Å². The summed E-state index contributed by atoms with van der Waals surface area (Å²) in [5.74, 6) is 0. The fourth-order valence-corrected chi connectivity index (χ4v) is 5.88. The van der Waals surface area contributed by atoms with E-state index in [1.54, 1.807) is 0 Å². The third-order valence-electron chi connectivity index (χ3n) is 7.70. The van der Waals surface area contributed by atoms with Gasteiger partial charge in [-0.2, -0.15) is 0 Å². The molecule has 38 heavy (non-hydrogen) atoms. The Balaban J connectivity index is 1.46. The molecule has 0 unspecified atom stereocenters. The van der Waals surface area contributed by atoms with Gasteiger partial charge in [0, 0.05) is 0 Å². The van der Waals surface area contributed by atoms with Gasteiger partial charge in [0.1, 0.15) is 0 Å². The molecule has 182 valence electrons. The van der Waals surface area contributed by atoms with Crippen molar-refractivity contribution in [2.24, 2.45) is 0 Å². The minimum atomic E-state index is 1.16. The van der Waals surface area contributed by atoms with Gasteiger partial charge in [-0.1, -0.05) is 116 Å². The summed E-state index contributed by atoms with van der Waals surface area (Å²) in [5, 5.41) is 5.09. The average molecular weight is 487 g/mol. The van der Waals surface area contributed by atoms with Gasteiger partial charge in [-0.05, 0) is 109 Å². The number of hydrogen-bond donors (Lipinski definition) is 0. The lowest BCUT2D eigenvalue weighted by atomic mass is 9.92. The molecular formula is C38H30. The first kappa shape index (κ1) is 23.7. The molecule has 0 heteroatoms. The van der Waals surface area contributed by atoms with E-state index < -0.39 is 0 Å². The zero-order valence-electron chi connectivity index (χ0n) is 22.0. The highest BCUT2D eigenvalue weighted by Gasteiger charge is 2.24. The summed E-state index contributed by atoms with van der Waals surface area (Å²) in [5.41, 5.74) is 12.4. The highest BCUT2D eigenvalue weighted by atomic mass is 14.3. The molecule has 1 aliphatic carbocycles. The maximum absolute atomic E-state index is 3.95. The van der Waals surface area contributed by atoms with E-state index in [0.29, 0.717) is 0 Å². The molecule has 0 aromatic heterocycles. The lowest BCUT2D eigenvalue weighted by Crippen LogP contribution is -1.87. The molecule has 0 amide bonds. The van der Waals surface area contributed by atoms with Gasteiger partial charge in [-0.25, -0.2) is 0 Å². The van der Waals surface area contributed by atoms with Crippen molar-refractivity contribution in [1.29, 1.82) is 0 Å². The van der Waals surface area contributed by atoms with Crippen LogP contribution >= 0.6 is 0 Å². The maximum Gasteiger partial charge on any atom is -0.00203 e. The van der Waals surface area contributed by atoms with E-state index in [-0.39, 0.29) is 0 Å². The summed E-state index contributed by atoms with van der Waals surface area (Å²) in [7, 11) is 0. The van der Waals surface area contributed by atoms with Crippen molar-refractivity contribution in [2.45, 2.75) is 13.8 Å². The second-order valence-electron chi connectivity index (χ2n) is 9.71. The molecule has 0 radical (unpaired) electrons. The number of allylic oxidation sites excluding steroid dienone is 8. The van der Waals surface area contributed by atoms with Gasteiger partial charge in [-0.3, -0.25) is 0 Å². The van der Waals surface area contributed by atoms with Gasteiger partial charge < -0.3 is 0 Å². The molecule has 0 heterocycles. The van der Waals surface area contributed by atoms with Gasteiger partial charge in [0.2, 0.25) is 0 Å². The van der Waals surface area contributed by atoms with E-state index in [1.807, 2.05) is 12.2 Å². The molecule has 0 N–H and O–H groups in total. The number of hydrogen-bond acceptors (Lipinski definition) is 0. The van der Waals surface area contributed by atoms with Gasteiger partial charge in [0.05, 0.1) is 0 Å². The minimum Gasteiger partial charge on any atom is -0.0990 e. The van der Waals surface area contributed by atoms with Crippen LogP contribution in [0.5, 0.6) is 0 Å². The quantitative estimate of drug-likeness (QED) is 0.217. The van der Waals surface area contributed by atoms with Crippen LogP contribution < -0.4 is 0 Å². The first-order chi connectivity index (χ1) is 18.7. The fraction of sp³-hybridized carbons (Fsp3) is 0.0526. The van der Waals surface area contributed by atoms with Crippen molar-refractivity contribution in [3.63, 3.8) is 0 Å². The Labute approximate surface area is 225 Å². The summed E-state index contributed by atoms with van der Waals surface area (Å²) in [6.07, 6.45) is 10.2. The summed E-state index contributed by atoms with van der Waals surface area (Å²) in [6.45, 7) is 12.1. The largest absolute Gasteiger partial charge is 0.0990 e. The van der Waals surface area contributed by atoms with E-state index >= 15 is 0 Å². The van der Waals surface area contributed by atoms with E-state index in [2.05, 4.69) is 136 Å². The van der Waals surface area contributed by atoms with Gasteiger partial charge in [0.25, 0.3) is 0 Å². The normalized spacial score (nSPS) is 15.1. The first-order valence-corrected chi connectivity index (χ1v) is 13.2. The Morgan fingerprint density at radius 2 is 1.34 bits per heavy atom. The molecule has 5 aromatic carbocycles. The van der Waals surface area contributed by atoms with Crippen LogP contribution in [0.25, 0.3) is 60.5 Å². The van der Waals surface area contributed by atoms with Crippen LogP contribution in [0.1, 0.15) is 30.5 Å². The molecule has 5 aromatic rings. The van der Waals surface area contributed by atoms with Crippen LogP contribution in [0.3, 0.4) is 0 Å².